The quantitative estimate of drug-likeness (QED) is 0.718. The van der Waals surface area contributed by atoms with E-state index in [9.17, 15) is 9.59 Å². The van der Waals surface area contributed by atoms with Gasteiger partial charge >= 0.3 is 12.0 Å². The van der Waals surface area contributed by atoms with Crippen molar-refractivity contribution in [3.63, 3.8) is 0 Å². The molecule has 1 rings (SSSR count). The fourth-order valence-corrected chi connectivity index (χ4v) is 1.54. The summed E-state index contributed by atoms with van der Waals surface area (Å²) in [6.07, 6.45) is 0. The van der Waals surface area contributed by atoms with Gasteiger partial charge < -0.3 is 20.3 Å². The summed E-state index contributed by atoms with van der Waals surface area (Å²) in [5, 5.41) is 17.8. The molecule has 0 saturated carbocycles. The van der Waals surface area contributed by atoms with Crippen LogP contribution < -0.4 is 10.6 Å². The zero-order valence-electron chi connectivity index (χ0n) is 11.3. The average Bonchev–Trinajstić information content (AvgIpc) is 2.71. The van der Waals surface area contributed by atoms with E-state index in [0.29, 0.717) is 5.76 Å². The number of rotatable bonds is 6. The monoisotopic (exact) mass is 269 g/mol. The Balaban J connectivity index is 2.33. The number of hydrogen-bond donors (Lipinski definition) is 3. The lowest BCUT2D eigenvalue weighted by Crippen LogP contribution is -2.40. The number of carboxylic acid groups (broad SMARTS) is 1. The van der Waals surface area contributed by atoms with Crippen LogP contribution in [0.25, 0.3) is 0 Å². The van der Waals surface area contributed by atoms with E-state index >= 15 is 0 Å². The molecule has 3 N–H and O–H groups in total. The summed E-state index contributed by atoms with van der Waals surface area (Å²) in [5.74, 6) is -1.01. The van der Waals surface area contributed by atoms with Gasteiger partial charge in [0, 0.05) is 12.6 Å². The van der Waals surface area contributed by atoms with Gasteiger partial charge in [0.05, 0.1) is 18.2 Å². The van der Waals surface area contributed by atoms with Crippen LogP contribution in [0.4, 0.5) is 4.79 Å². The summed E-state index contributed by atoms with van der Waals surface area (Å²) in [6, 6.07) is 1.29. The zero-order chi connectivity index (χ0) is 14.4. The molecule has 0 radical (unpaired) electrons. The highest BCUT2D eigenvalue weighted by Gasteiger charge is 2.21. The van der Waals surface area contributed by atoms with Crippen LogP contribution in [0.2, 0.25) is 0 Å². The molecule has 1 atom stereocenters. The highest BCUT2D eigenvalue weighted by Crippen LogP contribution is 2.09. The lowest BCUT2D eigenvalue weighted by Gasteiger charge is -2.16. The number of amides is 2. The summed E-state index contributed by atoms with van der Waals surface area (Å²) in [7, 11) is 0. The van der Waals surface area contributed by atoms with E-state index in [1.807, 2.05) is 0 Å². The Morgan fingerprint density at radius 2 is 2.11 bits per heavy atom. The molecule has 0 aliphatic heterocycles. The Bertz CT molecular complexity index is 442. The molecule has 0 aliphatic rings. The second-order valence-corrected chi connectivity index (χ2v) is 4.69. The van der Waals surface area contributed by atoms with Crippen molar-refractivity contribution < 1.29 is 19.2 Å². The van der Waals surface area contributed by atoms with E-state index < -0.39 is 17.9 Å². The molecule has 7 nitrogen and oxygen atoms in total. The van der Waals surface area contributed by atoms with Gasteiger partial charge in [-0.05, 0) is 12.8 Å². The largest absolute Gasteiger partial charge is 0.481 e. The maximum Gasteiger partial charge on any atom is 0.315 e. The normalized spacial score (nSPS) is 12.2. The van der Waals surface area contributed by atoms with Crippen molar-refractivity contribution in [3.05, 3.63) is 17.5 Å². The molecule has 1 unspecified atom stereocenters. The van der Waals surface area contributed by atoms with Crippen LogP contribution in [-0.2, 0) is 11.3 Å². The number of nitrogens with zero attached hydrogens (tertiary/aromatic N) is 1. The van der Waals surface area contributed by atoms with E-state index in [4.69, 9.17) is 9.63 Å². The van der Waals surface area contributed by atoms with Crippen molar-refractivity contribution in [3.8, 4) is 0 Å². The Morgan fingerprint density at radius 1 is 1.42 bits per heavy atom. The average molecular weight is 269 g/mol. The maximum absolute atomic E-state index is 11.5. The summed E-state index contributed by atoms with van der Waals surface area (Å²) in [4.78, 5) is 22.4. The Labute approximate surface area is 111 Å². The molecule has 1 heterocycles. The molecule has 0 bridgehead atoms. The van der Waals surface area contributed by atoms with Gasteiger partial charge in [0.1, 0.15) is 0 Å². The number of carboxylic acids is 1. The maximum atomic E-state index is 11.5. The number of nitrogens with one attached hydrogen (secondary N) is 2. The third-order valence-electron chi connectivity index (χ3n) is 2.70. The Morgan fingerprint density at radius 3 is 2.58 bits per heavy atom. The predicted octanol–water partition coefficient (Wildman–Crippen LogP) is 1.14. The van der Waals surface area contributed by atoms with Crippen molar-refractivity contribution in [2.75, 3.05) is 6.54 Å². The SMILES string of the molecule is Cc1cc(CNC(=O)NCC(C(=O)O)C(C)C)on1. The minimum Gasteiger partial charge on any atom is -0.481 e. The summed E-state index contributed by atoms with van der Waals surface area (Å²) in [6.45, 7) is 5.69. The Hall–Kier alpha value is -2.05. The smallest absolute Gasteiger partial charge is 0.315 e. The molecule has 106 valence electrons. The summed E-state index contributed by atoms with van der Waals surface area (Å²) in [5.41, 5.74) is 0.739. The molecule has 19 heavy (non-hydrogen) atoms. The lowest BCUT2D eigenvalue weighted by atomic mass is 9.96. The number of carbonyl (C=O) groups is 2. The predicted molar refractivity (Wildman–Crippen MR) is 67.4 cm³/mol. The summed E-state index contributed by atoms with van der Waals surface area (Å²) >= 11 is 0. The van der Waals surface area contributed by atoms with Crippen molar-refractivity contribution >= 4 is 12.0 Å². The van der Waals surface area contributed by atoms with Crippen molar-refractivity contribution in [2.45, 2.75) is 27.3 Å². The van der Waals surface area contributed by atoms with Crippen LogP contribution >= 0.6 is 0 Å². The van der Waals surface area contributed by atoms with Gasteiger partial charge in [-0.1, -0.05) is 19.0 Å². The minimum absolute atomic E-state index is 0.0466. The molecule has 1 aromatic rings. The fraction of sp³-hybridized carbons (Fsp3) is 0.583. The van der Waals surface area contributed by atoms with Crippen LogP contribution in [0.3, 0.4) is 0 Å². The van der Waals surface area contributed by atoms with Crippen LogP contribution in [0.5, 0.6) is 0 Å². The second-order valence-electron chi connectivity index (χ2n) is 4.69. The molecule has 0 aromatic carbocycles. The third-order valence-corrected chi connectivity index (χ3v) is 2.70. The molecule has 0 saturated heterocycles. The number of carbonyl (C=O) groups excluding carboxylic acids is 1. The van der Waals surface area contributed by atoms with E-state index in [-0.39, 0.29) is 19.0 Å². The first-order valence-corrected chi connectivity index (χ1v) is 6.07. The molecule has 0 aliphatic carbocycles. The molecule has 0 fully saturated rings. The van der Waals surface area contributed by atoms with Crippen LogP contribution in [0, 0.1) is 18.8 Å². The number of aromatic nitrogens is 1. The molecule has 7 heteroatoms. The topological polar surface area (TPSA) is 104 Å². The number of aliphatic carboxylic acids is 1. The highest BCUT2D eigenvalue weighted by molar-refractivity contribution is 5.75. The third kappa shape index (κ3) is 4.99. The summed E-state index contributed by atoms with van der Waals surface area (Å²) < 4.78 is 4.93. The molecular formula is C12H19N3O4. The Kier molecular flexibility index (Phi) is 5.35. The standard InChI is InChI=1S/C12H19N3O4/c1-7(2)10(11(16)17)6-14-12(18)13-5-9-4-8(3)15-19-9/h4,7,10H,5-6H2,1-3H3,(H,16,17)(H2,13,14,18). The van der Waals surface area contributed by atoms with Gasteiger partial charge in [-0.15, -0.1) is 0 Å². The van der Waals surface area contributed by atoms with E-state index in [2.05, 4.69) is 15.8 Å². The number of aryl methyl sites for hydroxylation is 1. The number of urea groups is 1. The van der Waals surface area contributed by atoms with E-state index in [1.54, 1.807) is 26.8 Å². The first-order chi connectivity index (χ1) is 8.90. The minimum atomic E-state index is -0.916. The van der Waals surface area contributed by atoms with Crippen LogP contribution in [0.1, 0.15) is 25.3 Å². The van der Waals surface area contributed by atoms with E-state index in [1.165, 1.54) is 0 Å². The van der Waals surface area contributed by atoms with E-state index in [0.717, 1.165) is 5.69 Å². The second kappa shape index (κ2) is 6.77. The highest BCUT2D eigenvalue weighted by atomic mass is 16.5. The first kappa shape index (κ1) is 15.0. The molecular weight excluding hydrogens is 250 g/mol. The van der Waals surface area contributed by atoms with Crippen LogP contribution in [-0.4, -0.2) is 28.8 Å². The van der Waals surface area contributed by atoms with Gasteiger partial charge in [0.25, 0.3) is 0 Å². The van der Waals surface area contributed by atoms with Gasteiger partial charge in [-0.3, -0.25) is 4.79 Å². The lowest BCUT2D eigenvalue weighted by molar-refractivity contribution is -0.142. The van der Waals surface area contributed by atoms with Crippen LogP contribution in [0.15, 0.2) is 10.6 Å². The zero-order valence-corrected chi connectivity index (χ0v) is 11.3. The number of hydrogen-bond acceptors (Lipinski definition) is 4. The first-order valence-electron chi connectivity index (χ1n) is 6.07. The molecule has 1 aromatic heterocycles. The van der Waals surface area contributed by atoms with Gasteiger partial charge in [-0.25, -0.2) is 4.79 Å². The molecule has 2 amide bonds. The van der Waals surface area contributed by atoms with Crippen molar-refractivity contribution in [1.29, 1.82) is 0 Å². The fourth-order valence-electron chi connectivity index (χ4n) is 1.54. The molecule has 0 spiro atoms. The van der Waals surface area contributed by atoms with Crippen molar-refractivity contribution in [1.82, 2.24) is 15.8 Å². The van der Waals surface area contributed by atoms with Gasteiger partial charge in [0.15, 0.2) is 5.76 Å². The van der Waals surface area contributed by atoms with Gasteiger partial charge in [-0.2, -0.15) is 0 Å². The van der Waals surface area contributed by atoms with Gasteiger partial charge in [0.2, 0.25) is 0 Å². The van der Waals surface area contributed by atoms with Crippen molar-refractivity contribution in [2.24, 2.45) is 11.8 Å².